The fourth-order valence-corrected chi connectivity index (χ4v) is 1.81. The van der Waals surface area contributed by atoms with Gasteiger partial charge >= 0.3 is 0 Å². The van der Waals surface area contributed by atoms with Gasteiger partial charge in [-0.1, -0.05) is 5.92 Å². The lowest BCUT2D eigenvalue weighted by molar-refractivity contribution is -0.0639. The van der Waals surface area contributed by atoms with E-state index >= 15 is 0 Å². The van der Waals surface area contributed by atoms with Crippen molar-refractivity contribution in [3.63, 3.8) is 0 Å². The van der Waals surface area contributed by atoms with Crippen molar-refractivity contribution in [1.29, 1.82) is 0 Å². The molecule has 0 aromatic rings. The molecule has 0 aliphatic carbocycles. The Hall–Kier alpha value is -0.520. The molecule has 1 aliphatic rings. The van der Waals surface area contributed by atoms with Gasteiger partial charge in [0, 0.05) is 19.7 Å². The van der Waals surface area contributed by atoms with Gasteiger partial charge in [0.15, 0.2) is 0 Å². The standard InChI is InChI=1S/C11H19NO/c1-4-8-12-9-6-11(3,7-10-12)13-5-2/h1H,5-10H2,2-3H3. The van der Waals surface area contributed by atoms with Crippen molar-refractivity contribution >= 4 is 0 Å². The van der Waals surface area contributed by atoms with Crippen molar-refractivity contribution in [2.75, 3.05) is 26.2 Å². The number of terminal acetylenes is 1. The number of ether oxygens (including phenoxy) is 1. The molecule has 1 fully saturated rings. The molecule has 0 N–H and O–H groups in total. The number of likely N-dealkylation sites (tertiary alicyclic amines) is 1. The van der Waals surface area contributed by atoms with E-state index in [0.29, 0.717) is 0 Å². The summed E-state index contributed by atoms with van der Waals surface area (Å²) in [5.74, 6) is 2.68. The van der Waals surface area contributed by atoms with Gasteiger partial charge in [-0.25, -0.2) is 0 Å². The minimum absolute atomic E-state index is 0.0971. The summed E-state index contributed by atoms with van der Waals surface area (Å²) in [6, 6.07) is 0. The zero-order chi connectivity index (χ0) is 9.73. The predicted octanol–water partition coefficient (Wildman–Crippen LogP) is 1.51. The fraction of sp³-hybridized carbons (Fsp3) is 0.818. The highest BCUT2D eigenvalue weighted by molar-refractivity contribution is 4.92. The van der Waals surface area contributed by atoms with Gasteiger partial charge in [-0.3, -0.25) is 4.90 Å². The average molecular weight is 181 g/mol. The first kappa shape index (κ1) is 10.6. The maximum absolute atomic E-state index is 5.72. The average Bonchev–Trinajstić information content (AvgIpc) is 2.10. The fourth-order valence-electron chi connectivity index (χ4n) is 1.81. The predicted molar refractivity (Wildman–Crippen MR) is 54.5 cm³/mol. The van der Waals surface area contributed by atoms with E-state index in [1.807, 2.05) is 0 Å². The van der Waals surface area contributed by atoms with Crippen LogP contribution in [0, 0.1) is 12.3 Å². The molecular formula is C11H19NO. The van der Waals surface area contributed by atoms with Gasteiger partial charge in [-0.2, -0.15) is 0 Å². The summed E-state index contributed by atoms with van der Waals surface area (Å²) in [7, 11) is 0. The Balaban J connectivity index is 2.34. The summed E-state index contributed by atoms with van der Waals surface area (Å²) in [6.45, 7) is 7.98. The largest absolute Gasteiger partial charge is 0.375 e. The Kier molecular flexibility index (Phi) is 3.77. The molecule has 2 heteroatoms. The van der Waals surface area contributed by atoms with Crippen LogP contribution in [0.2, 0.25) is 0 Å². The molecule has 13 heavy (non-hydrogen) atoms. The van der Waals surface area contributed by atoms with Crippen LogP contribution in [0.4, 0.5) is 0 Å². The molecule has 1 aliphatic heterocycles. The molecule has 74 valence electrons. The smallest absolute Gasteiger partial charge is 0.0678 e. The van der Waals surface area contributed by atoms with Gasteiger partial charge < -0.3 is 4.74 Å². The molecule has 0 radical (unpaired) electrons. The lowest BCUT2D eigenvalue weighted by atomic mass is 9.93. The molecule has 0 amide bonds. The summed E-state index contributed by atoms with van der Waals surface area (Å²) in [5.41, 5.74) is 0.0971. The van der Waals surface area contributed by atoms with E-state index in [9.17, 15) is 0 Å². The molecule has 0 atom stereocenters. The summed E-state index contributed by atoms with van der Waals surface area (Å²) in [5, 5.41) is 0. The van der Waals surface area contributed by atoms with Crippen molar-refractivity contribution in [3.8, 4) is 12.3 Å². The van der Waals surface area contributed by atoms with Crippen LogP contribution in [0.3, 0.4) is 0 Å². The van der Waals surface area contributed by atoms with Gasteiger partial charge in [-0.15, -0.1) is 6.42 Å². The lowest BCUT2D eigenvalue weighted by Gasteiger charge is -2.38. The van der Waals surface area contributed by atoms with Gasteiger partial charge in [-0.05, 0) is 26.7 Å². The van der Waals surface area contributed by atoms with Crippen LogP contribution in [0.1, 0.15) is 26.7 Å². The molecule has 0 saturated carbocycles. The molecule has 1 heterocycles. The quantitative estimate of drug-likeness (QED) is 0.612. The lowest BCUT2D eigenvalue weighted by Crippen LogP contribution is -2.44. The Morgan fingerprint density at radius 2 is 2.08 bits per heavy atom. The van der Waals surface area contributed by atoms with Gasteiger partial charge in [0.05, 0.1) is 12.1 Å². The monoisotopic (exact) mass is 181 g/mol. The van der Waals surface area contributed by atoms with Gasteiger partial charge in [0.25, 0.3) is 0 Å². The molecular weight excluding hydrogens is 162 g/mol. The normalized spacial score (nSPS) is 22.5. The van der Waals surface area contributed by atoms with Gasteiger partial charge in [0.1, 0.15) is 0 Å². The first-order valence-corrected chi connectivity index (χ1v) is 5.00. The zero-order valence-electron chi connectivity index (χ0n) is 8.68. The number of nitrogens with zero attached hydrogens (tertiary/aromatic N) is 1. The molecule has 0 bridgehead atoms. The van der Waals surface area contributed by atoms with Crippen molar-refractivity contribution in [3.05, 3.63) is 0 Å². The second-order valence-corrected chi connectivity index (χ2v) is 3.86. The maximum Gasteiger partial charge on any atom is 0.0678 e. The van der Waals surface area contributed by atoms with Crippen LogP contribution < -0.4 is 0 Å². The van der Waals surface area contributed by atoms with Crippen LogP contribution in [-0.4, -0.2) is 36.7 Å². The molecule has 0 aromatic heterocycles. The number of hydrogen-bond donors (Lipinski definition) is 0. The molecule has 0 spiro atoms. The minimum atomic E-state index is 0.0971. The summed E-state index contributed by atoms with van der Waals surface area (Å²) in [4.78, 5) is 2.31. The Morgan fingerprint density at radius 3 is 2.54 bits per heavy atom. The van der Waals surface area contributed by atoms with Crippen LogP contribution >= 0.6 is 0 Å². The van der Waals surface area contributed by atoms with Crippen molar-refractivity contribution < 1.29 is 4.74 Å². The first-order valence-electron chi connectivity index (χ1n) is 5.00. The van der Waals surface area contributed by atoms with E-state index in [0.717, 1.165) is 39.1 Å². The summed E-state index contributed by atoms with van der Waals surface area (Å²) in [6.07, 6.45) is 7.46. The molecule has 1 rings (SSSR count). The first-order chi connectivity index (χ1) is 6.20. The topological polar surface area (TPSA) is 12.5 Å². The highest BCUT2D eigenvalue weighted by Gasteiger charge is 2.29. The number of hydrogen-bond acceptors (Lipinski definition) is 2. The van der Waals surface area contributed by atoms with E-state index in [2.05, 4.69) is 24.7 Å². The SMILES string of the molecule is C#CCN1CCC(C)(OCC)CC1. The van der Waals surface area contributed by atoms with E-state index in [4.69, 9.17) is 11.2 Å². The van der Waals surface area contributed by atoms with Crippen molar-refractivity contribution in [2.24, 2.45) is 0 Å². The third-order valence-corrected chi connectivity index (χ3v) is 2.72. The Bertz CT molecular complexity index is 187. The highest BCUT2D eigenvalue weighted by Crippen LogP contribution is 2.25. The second-order valence-electron chi connectivity index (χ2n) is 3.86. The number of rotatable bonds is 3. The molecule has 0 aromatic carbocycles. The zero-order valence-corrected chi connectivity index (χ0v) is 8.68. The van der Waals surface area contributed by atoms with Crippen molar-refractivity contribution in [1.82, 2.24) is 4.90 Å². The Morgan fingerprint density at radius 1 is 1.46 bits per heavy atom. The van der Waals surface area contributed by atoms with E-state index in [-0.39, 0.29) is 5.60 Å². The van der Waals surface area contributed by atoms with Crippen LogP contribution in [0.25, 0.3) is 0 Å². The number of piperidine rings is 1. The van der Waals surface area contributed by atoms with Crippen LogP contribution in [-0.2, 0) is 4.74 Å². The maximum atomic E-state index is 5.72. The van der Waals surface area contributed by atoms with Gasteiger partial charge in [0.2, 0.25) is 0 Å². The summed E-state index contributed by atoms with van der Waals surface area (Å²) >= 11 is 0. The van der Waals surface area contributed by atoms with Crippen LogP contribution in [0.15, 0.2) is 0 Å². The second kappa shape index (κ2) is 4.64. The highest BCUT2D eigenvalue weighted by atomic mass is 16.5. The molecule has 1 saturated heterocycles. The van der Waals surface area contributed by atoms with Crippen LogP contribution in [0.5, 0.6) is 0 Å². The third kappa shape index (κ3) is 3.02. The Labute approximate surface area is 81.3 Å². The summed E-state index contributed by atoms with van der Waals surface area (Å²) < 4.78 is 5.72. The molecule has 0 unspecified atom stereocenters. The van der Waals surface area contributed by atoms with E-state index in [1.165, 1.54) is 0 Å². The van der Waals surface area contributed by atoms with E-state index < -0.39 is 0 Å². The minimum Gasteiger partial charge on any atom is -0.375 e. The third-order valence-electron chi connectivity index (χ3n) is 2.72. The molecule has 2 nitrogen and oxygen atoms in total. The van der Waals surface area contributed by atoms with E-state index in [1.54, 1.807) is 0 Å². The van der Waals surface area contributed by atoms with Crippen molar-refractivity contribution in [2.45, 2.75) is 32.3 Å².